The van der Waals surface area contributed by atoms with E-state index in [1.54, 1.807) is 68.4 Å². The number of carbonyl (C=O) groups excluding carboxylic acids is 1. The van der Waals surface area contributed by atoms with Crippen LogP contribution in [-0.2, 0) is 14.8 Å². The summed E-state index contributed by atoms with van der Waals surface area (Å²) in [6.07, 6.45) is 0. The van der Waals surface area contributed by atoms with Gasteiger partial charge in [0.15, 0.2) is 0 Å². The van der Waals surface area contributed by atoms with Gasteiger partial charge in [-0.3, -0.25) is 9.10 Å². The Hall–Kier alpha value is -3.36. The van der Waals surface area contributed by atoms with Crippen molar-refractivity contribution in [3.8, 4) is 5.75 Å². The number of phenolic OH excluding ortho intramolecular Hbond substituents is 1. The molecule has 0 aliphatic rings. The Kier molecular flexibility index (Phi) is 7.17. The normalized spacial score (nSPS) is 11.8. The third-order valence-electron chi connectivity index (χ3n) is 4.69. The number of anilines is 1. The number of amides is 1. The predicted octanol–water partition coefficient (Wildman–Crippen LogP) is 4.09. The molecule has 1 amide bonds. The number of carbonyl (C=O) groups is 1. The first-order chi connectivity index (χ1) is 15.2. The predicted molar refractivity (Wildman–Crippen MR) is 126 cm³/mol. The van der Waals surface area contributed by atoms with Gasteiger partial charge in [-0.2, -0.15) is 5.10 Å². The van der Waals surface area contributed by atoms with Crippen molar-refractivity contribution in [1.29, 1.82) is 0 Å². The number of aromatic hydroxyl groups is 1. The number of hydrogen-bond acceptors (Lipinski definition) is 5. The Bertz CT molecular complexity index is 1260. The summed E-state index contributed by atoms with van der Waals surface area (Å²) in [7, 11) is -4.04. The summed E-state index contributed by atoms with van der Waals surface area (Å²) in [6.45, 7) is 2.83. The van der Waals surface area contributed by atoms with Gasteiger partial charge in [-0.1, -0.05) is 41.9 Å². The van der Waals surface area contributed by atoms with Gasteiger partial charge in [0.25, 0.3) is 15.9 Å². The van der Waals surface area contributed by atoms with Gasteiger partial charge in [0, 0.05) is 10.6 Å². The van der Waals surface area contributed by atoms with Crippen molar-refractivity contribution < 1.29 is 18.3 Å². The summed E-state index contributed by atoms with van der Waals surface area (Å²) < 4.78 is 27.7. The Morgan fingerprint density at radius 3 is 2.38 bits per heavy atom. The molecule has 0 bridgehead atoms. The Balaban J connectivity index is 1.91. The fourth-order valence-electron chi connectivity index (χ4n) is 3.07. The molecule has 0 unspecified atom stereocenters. The summed E-state index contributed by atoms with van der Waals surface area (Å²) in [6, 6.07) is 19.2. The van der Waals surface area contributed by atoms with Gasteiger partial charge in [0.05, 0.1) is 16.3 Å². The lowest BCUT2D eigenvalue weighted by Gasteiger charge is -2.25. The van der Waals surface area contributed by atoms with Crippen LogP contribution in [0.4, 0.5) is 5.69 Å². The molecule has 0 saturated heterocycles. The highest BCUT2D eigenvalue weighted by atomic mass is 35.5. The highest BCUT2D eigenvalue weighted by Gasteiger charge is 2.28. The van der Waals surface area contributed by atoms with E-state index in [-0.39, 0.29) is 10.6 Å². The topological polar surface area (TPSA) is 99.1 Å². The fourth-order valence-corrected chi connectivity index (χ4v) is 4.80. The van der Waals surface area contributed by atoms with Crippen LogP contribution in [0.25, 0.3) is 0 Å². The number of aryl methyl sites for hydroxylation is 1. The highest BCUT2D eigenvalue weighted by molar-refractivity contribution is 7.92. The van der Waals surface area contributed by atoms with E-state index in [4.69, 9.17) is 11.6 Å². The van der Waals surface area contributed by atoms with E-state index in [9.17, 15) is 18.3 Å². The molecule has 0 aliphatic carbocycles. The van der Waals surface area contributed by atoms with E-state index in [0.29, 0.717) is 27.5 Å². The van der Waals surface area contributed by atoms with Crippen molar-refractivity contribution in [3.63, 3.8) is 0 Å². The average Bonchev–Trinajstić information content (AvgIpc) is 2.77. The van der Waals surface area contributed by atoms with Crippen LogP contribution in [0.15, 0.2) is 82.8 Å². The van der Waals surface area contributed by atoms with Crippen LogP contribution in [0, 0.1) is 6.92 Å². The summed E-state index contributed by atoms with van der Waals surface area (Å²) in [4.78, 5) is 12.7. The first-order valence-electron chi connectivity index (χ1n) is 9.65. The molecule has 0 heterocycles. The number of nitrogens with zero attached hydrogens (tertiary/aromatic N) is 2. The molecule has 2 N–H and O–H groups in total. The SMILES string of the molecule is C/C(=N/NC(=O)CN(c1ccc(Cl)cc1C)S(=O)(=O)c1ccccc1)c1ccccc1O. The lowest BCUT2D eigenvalue weighted by molar-refractivity contribution is -0.119. The molecule has 3 aromatic carbocycles. The van der Waals surface area contributed by atoms with Gasteiger partial charge in [-0.15, -0.1) is 0 Å². The van der Waals surface area contributed by atoms with Gasteiger partial charge in [0.1, 0.15) is 12.3 Å². The molecule has 0 saturated carbocycles. The number of para-hydroxylation sites is 1. The number of rotatable bonds is 7. The largest absolute Gasteiger partial charge is 0.507 e. The zero-order valence-electron chi connectivity index (χ0n) is 17.5. The highest BCUT2D eigenvalue weighted by Crippen LogP contribution is 2.28. The Morgan fingerprint density at radius 1 is 1.06 bits per heavy atom. The van der Waals surface area contributed by atoms with Crippen LogP contribution in [0.3, 0.4) is 0 Å². The van der Waals surface area contributed by atoms with E-state index in [0.717, 1.165) is 4.31 Å². The Labute approximate surface area is 192 Å². The number of sulfonamides is 1. The molecule has 0 spiro atoms. The molecular formula is C23H22ClN3O4S. The number of benzene rings is 3. The summed E-state index contributed by atoms with van der Waals surface area (Å²) in [5, 5.41) is 14.4. The van der Waals surface area contributed by atoms with Crippen molar-refractivity contribution in [2.45, 2.75) is 18.7 Å². The number of hydrazone groups is 1. The lowest BCUT2D eigenvalue weighted by Crippen LogP contribution is -2.40. The van der Waals surface area contributed by atoms with Crippen molar-refractivity contribution in [2.24, 2.45) is 5.10 Å². The number of nitrogens with one attached hydrogen (secondary N) is 1. The first kappa shape index (κ1) is 23.3. The zero-order chi connectivity index (χ0) is 23.3. The second kappa shape index (κ2) is 9.84. The van der Waals surface area contributed by atoms with E-state index in [2.05, 4.69) is 10.5 Å². The van der Waals surface area contributed by atoms with Crippen molar-refractivity contribution in [1.82, 2.24) is 5.43 Å². The van der Waals surface area contributed by atoms with Crippen LogP contribution in [0.5, 0.6) is 5.75 Å². The molecule has 166 valence electrons. The smallest absolute Gasteiger partial charge is 0.264 e. The molecule has 3 rings (SSSR count). The van der Waals surface area contributed by atoms with Crippen LogP contribution in [-0.4, -0.2) is 31.7 Å². The maximum absolute atomic E-state index is 13.4. The van der Waals surface area contributed by atoms with Crippen LogP contribution < -0.4 is 9.73 Å². The van der Waals surface area contributed by atoms with Crippen LogP contribution in [0.2, 0.25) is 5.02 Å². The monoisotopic (exact) mass is 471 g/mol. The van der Waals surface area contributed by atoms with E-state index >= 15 is 0 Å². The maximum Gasteiger partial charge on any atom is 0.264 e. The van der Waals surface area contributed by atoms with Crippen molar-refractivity contribution in [3.05, 3.63) is 88.9 Å². The van der Waals surface area contributed by atoms with Gasteiger partial charge in [0.2, 0.25) is 0 Å². The number of phenols is 1. The molecule has 3 aromatic rings. The second-order valence-electron chi connectivity index (χ2n) is 7.00. The minimum Gasteiger partial charge on any atom is -0.507 e. The minimum atomic E-state index is -4.04. The van der Waals surface area contributed by atoms with Gasteiger partial charge in [-0.05, 0) is 61.9 Å². The van der Waals surface area contributed by atoms with E-state index in [1.165, 1.54) is 18.2 Å². The standard InChI is InChI=1S/C23H22ClN3O4S/c1-16-14-18(24)12-13-21(16)27(32(30,31)19-8-4-3-5-9-19)15-23(29)26-25-17(2)20-10-6-7-11-22(20)28/h3-14,28H,15H2,1-2H3,(H,26,29)/b25-17-. The minimum absolute atomic E-state index is 0.0214. The first-order valence-corrected chi connectivity index (χ1v) is 11.5. The molecule has 0 atom stereocenters. The van der Waals surface area contributed by atoms with Crippen LogP contribution >= 0.6 is 11.6 Å². The molecule has 0 aromatic heterocycles. The summed E-state index contributed by atoms with van der Waals surface area (Å²) in [5.74, 6) is -0.623. The molecule has 0 radical (unpaired) electrons. The number of halogens is 1. The van der Waals surface area contributed by atoms with E-state index < -0.39 is 22.5 Å². The van der Waals surface area contributed by atoms with Crippen molar-refractivity contribution in [2.75, 3.05) is 10.8 Å². The quantitative estimate of drug-likeness (QED) is 0.400. The maximum atomic E-state index is 13.4. The zero-order valence-corrected chi connectivity index (χ0v) is 19.1. The van der Waals surface area contributed by atoms with Gasteiger partial charge < -0.3 is 5.11 Å². The average molecular weight is 472 g/mol. The second-order valence-corrected chi connectivity index (χ2v) is 9.30. The molecule has 0 aliphatic heterocycles. The number of hydrogen-bond donors (Lipinski definition) is 2. The molecule has 7 nitrogen and oxygen atoms in total. The van der Waals surface area contributed by atoms with E-state index in [1.807, 2.05) is 0 Å². The fraction of sp³-hybridized carbons (Fsp3) is 0.130. The summed E-state index contributed by atoms with van der Waals surface area (Å²) >= 11 is 6.03. The van der Waals surface area contributed by atoms with Crippen molar-refractivity contribution >= 4 is 38.9 Å². The molecule has 9 heteroatoms. The van der Waals surface area contributed by atoms with Crippen LogP contribution in [0.1, 0.15) is 18.1 Å². The third-order valence-corrected chi connectivity index (χ3v) is 6.70. The lowest BCUT2D eigenvalue weighted by atomic mass is 10.1. The van der Waals surface area contributed by atoms with Gasteiger partial charge >= 0.3 is 0 Å². The Morgan fingerprint density at radius 2 is 1.72 bits per heavy atom. The molecule has 32 heavy (non-hydrogen) atoms. The van der Waals surface area contributed by atoms with Gasteiger partial charge in [-0.25, -0.2) is 13.8 Å². The molecule has 0 fully saturated rings. The summed E-state index contributed by atoms with van der Waals surface area (Å²) in [5.41, 5.74) is 4.12. The molecular weight excluding hydrogens is 450 g/mol. The third kappa shape index (κ3) is 5.27.